The van der Waals surface area contributed by atoms with Gasteiger partial charge in [0.1, 0.15) is 0 Å². The van der Waals surface area contributed by atoms with E-state index in [0.29, 0.717) is 31.2 Å². The number of hydrogen-bond acceptors (Lipinski definition) is 3. The highest BCUT2D eigenvalue weighted by Gasteiger charge is 2.10. The van der Waals surface area contributed by atoms with E-state index in [4.69, 9.17) is 5.11 Å². The number of rotatable bonds is 11. The van der Waals surface area contributed by atoms with E-state index < -0.39 is 16.8 Å². The van der Waals surface area contributed by atoms with Gasteiger partial charge in [-0.3, -0.25) is 9.00 Å². The van der Waals surface area contributed by atoms with Gasteiger partial charge in [-0.05, 0) is 18.8 Å². The largest absolute Gasteiger partial charge is 0.481 e. The zero-order chi connectivity index (χ0) is 15.4. The summed E-state index contributed by atoms with van der Waals surface area (Å²) in [4.78, 5) is 22.0. The first kappa shape index (κ1) is 18.9. The zero-order valence-corrected chi connectivity index (χ0v) is 13.1. The van der Waals surface area contributed by atoms with Crippen molar-refractivity contribution in [3.05, 3.63) is 0 Å². The van der Waals surface area contributed by atoms with Gasteiger partial charge in [-0.25, -0.2) is 4.79 Å². The average molecular weight is 306 g/mol. The van der Waals surface area contributed by atoms with Crippen LogP contribution in [-0.2, 0) is 15.6 Å². The molecule has 0 fully saturated rings. The molecule has 0 saturated carbocycles. The smallest absolute Gasteiger partial charge is 0.314 e. The van der Waals surface area contributed by atoms with Crippen molar-refractivity contribution in [3.63, 3.8) is 0 Å². The molecule has 0 aliphatic carbocycles. The maximum absolute atomic E-state index is 11.4. The molecular weight excluding hydrogens is 280 g/mol. The number of amides is 2. The fourth-order valence-electron chi connectivity index (χ4n) is 1.93. The van der Waals surface area contributed by atoms with Crippen LogP contribution in [0.1, 0.15) is 39.0 Å². The molecule has 0 bridgehead atoms. The number of hydrogen-bond donors (Lipinski definition) is 3. The zero-order valence-electron chi connectivity index (χ0n) is 12.3. The molecule has 118 valence electrons. The fourth-order valence-corrected chi connectivity index (χ4v) is 2.32. The summed E-state index contributed by atoms with van der Waals surface area (Å²) in [5.41, 5.74) is 0. The molecule has 0 rings (SSSR count). The lowest BCUT2D eigenvalue weighted by atomic mass is 9.94. The van der Waals surface area contributed by atoms with Gasteiger partial charge in [0.05, 0.1) is 0 Å². The highest BCUT2D eigenvalue weighted by atomic mass is 32.2. The Labute approximate surface area is 123 Å². The Hall–Kier alpha value is -1.11. The van der Waals surface area contributed by atoms with Crippen LogP contribution in [0, 0.1) is 5.92 Å². The molecule has 0 aliphatic rings. The number of carbonyl (C=O) groups excluding carboxylic acids is 1. The maximum Gasteiger partial charge on any atom is 0.314 e. The van der Waals surface area contributed by atoms with Gasteiger partial charge in [0.2, 0.25) is 0 Å². The van der Waals surface area contributed by atoms with Crippen LogP contribution < -0.4 is 10.6 Å². The van der Waals surface area contributed by atoms with Crippen LogP contribution in [0.3, 0.4) is 0 Å². The summed E-state index contributed by atoms with van der Waals surface area (Å²) in [5.74, 6) is 0.00808. The number of carboxylic acid groups (broad SMARTS) is 1. The Balaban J connectivity index is 3.77. The summed E-state index contributed by atoms with van der Waals surface area (Å²) >= 11 is 0. The molecule has 0 saturated heterocycles. The first-order chi connectivity index (χ1) is 9.45. The second kappa shape index (κ2) is 11.7. The van der Waals surface area contributed by atoms with E-state index >= 15 is 0 Å². The Bertz CT molecular complexity index is 323. The fraction of sp³-hybridized carbons (Fsp3) is 0.846. The van der Waals surface area contributed by atoms with Crippen LogP contribution in [-0.4, -0.2) is 46.4 Å². The number of nitrogens with one attached hydrogen (secondary N) is 2. The minimum absolute atomic E-state index is 0.180. The molecule has 2 atom stereocenters. The second-order valence-corrected chi connectivity index (χ2v) is 6.39. The second-order valence-electron chi connectivity index (χ2n) is 4.84. The molecule has 6 nitrogen and oxygen atoms in total. The molecule has 20 heavy (non-hydrogen) atoms. The molecular formula is C13H26N2O4S. The molecule has 3 N–H and O–H groups in total. The minimum Gasteiger partial charge on any atom is -0.481 e. The van der Waals surface area contributed by atoms with Crippen molar-refractivity contribution < 1.29 is 18.9 Å². The Morgan fingerprint density at radius 2 is 1.80 bits per heavy atom. The molecule has 7 heteroatoms. The quantitative estimate of drug-likeness (QED) is 0.537. The third kappa shape index (κ3) is 12.0. The summed E-state index contributed by atoms with van der Waals surface area (Å²) in [7, 11) is -0.903. The minimum atomic E-state index is -0.903. The summed E-state index contributed by atoms with van der Waals surface area (Å²) in [5, 5.41) is 14.1. The first-order valence-corrected chi connectivity index (χ1v) is 8.72. The van der Waals surface area contributed by atoms with Crippen molar-refractivity contribution in [1.82, 2.24) is 10.6 Å². The monoisotopic (exact) mass is 306 g/mol. The van der Waals surface area contributed by atoms with Crippen molar-refractivity contribution in [2.24, 2.45) is 5.92 Å². The van der Waals surface area contributed by atoms with E-state index in [1.165, 1.54) is 0 Å². The predicted octanol–water partition coefficient (Wildman–Crippen LogP) is 1.34. The van der Waals surface area contributed by atoms with Gasteiger partial charge in [0, 0.05) is 42.3 Å². The van der Waals surface area contributed by atoms with Crippen molar-refractivity contribution in [2.75, 3.05) is 25.1 Å². The molecule has 0 aromatic heterocycles. The average Bonchev–Trinajstić information content (AvgIpc) is 2.35. The number of aliphatic carboxylic acids is 1. The summed E-state index contributed by atoms with van der Waals surface area (Å²) in [6.45, 7) is 3.00. The summed E-state index contributed by atoms with van der Waals surface area (Å²) in [6.07, 6.45) is 5.20. The standard InChI is InChI=1S/C13H26N2O4S/c1-3-4-11(5-6-12(16)17)7-8-14-13(18)15-9-10-20(2)19/h11H,3-10H2,1-2H3,(H,16,17)(H2,14,15,18). The van der Waals surface area contributed by atoms with Gasteiger partial charge in [0.25, 0.3) is 0 Å². The normalized spacial score (nSPS) is 13.5. The van der Waals surface area contributed by atoms with Crippen molar-refractivity contribution in [2.45, 2.75) is 39.0 Å². The molecule has 0 aliphatic heterocycles. The Morgan fingerprint density at radius 3 is 2.35 bits per heavy atom. The lowest BCUT2D eigenvalue weighted by molar-refractivity contribution is -0.137. The van der Waals surface area contributed by atoms with Gasteiger partial charge in [-0.15, -0.1) is 0 Å². The molecule has 0 heterocycles. The molecule has 2 unspecified atom stereocenters. The molecule has 0 aromatic rings. The topological polar surface area (TPSA) is 95.5 Å². The van der Waals surface area contributed by atoms with Crippen LogP contribution in [0.2, 0.25) is 0 Å². The lowest BCUT2D eigenvalue weighted by Gasteiger charge is -2.15. The maximum atomic E-state index is 11.4. The summed E-state index contributed by atoms with van der Waals surface area (Å²) in [6, 6.07) is -0.260. The lowest BCUT2D eigenvalue weighted by Crippen LogP contribution is -2.38. The van der Waals surface area contributed by atoms with Crippen molar-refractivity contribution >= 4 is 22.8 Å². The van der Waals surface area contributed by atoms with Gasteiger partial charge in [-0.2, -0.15) is 0 Å². The van der Waals surface area contributed by atoms with Gasteiger partial charge < -0.3 is 15.7 Å². The number of carbonyl (C=O) groups is 2. The molecule has 2 amide bonds. The highest BCUT2D eigenvalue weighted by molar-refractivity contribution is 7.84. The SMILES string of the molecule is CCCC(CCNC(=O)NCCS(C)=O)CCC(=O)O. The van der Waals surface area contributed by atoms with Gasteiger partial charge in [0.15, 0.2) is 0 Å². The van der Waals surface area contributed by atoms with Crippen LogP contribution in [0.25, 0.3) is 0 Å². The van der Waals surface area contributed by atoms with Crippen molar-refractivity contribution in [1.29, 1.82) is 0 Å². The van der Waals surface area contributed by atoms with Crippen LogP contribution in [0.5, 0.6) is 0 Å². The third-order valence-corrected chi connectivity index (χ3v) is 3.76. The molecule has 0 radical (unpaired) electrons. The molecule has 0 spiro atoms. The van der Waals surface area contributed by atoms with Crippen molar-refractivity contribution in [3.8, 4) is 0 Å². The van der Waals surface area contributed by atoms with E-state index in [0.717, 1.165) is 19.3 Å². The highest BCUT2D eigenvalue weighted by Crippen LogP contribution is 2.16. The Morgan fingerprint density at radius 1 is 1.15 bits per heavy atom. The number of urea groups is 1. The van der Waals surface area contributed by atoms with E-state index in [1.807, 2.05) is 0 Å². The third-order valence-electron chi connectivity index (χ3n) is 2.98. The van der Waals surface area contributed by atoms with E-state index in [9.17, 15) is 13.8 Å². The summed E-state index contributed by atoms with van der Waals surface area (Å²) < 4.78 is 10.8. The van der Waals surface area contributed by atoms with Gasteiger partial charge >= 0.3 is 12.0 Å². The van der Waals surface area contributed by atoms with Crippen LogP contribution in [0.15, 0.2) is 0 Å². The van der Waals surface area contributed by atoms with Crippen LogP contribution >= 0.6 is 0 Å². The van der Waals surface area contributed by atoms with E-state index in [1.54, 1.807) is 6.26 Å². The predicted molar refractivity (Wildman–Crippen MR) is 80.2 cm³/mol. The Kier molecular flexibility index (Phi) is 11.0. The molecule has 0 aromatic carbocycles. The number of carboxylic acids is 1. The van der Waals surface area contributed by atoms with E-state index in [2.05, 4.69) is 17.6 Å². The van der Waals surface area contributed by atoms with Crippen LogP contribution in [0.4, 0.5) is 4.79 Å². The van der Waals surface area contributed by atoms with Gasteiger partial charge in [-0.1, -0.05) is 19.8 Å². The first-order valence-electron chi connectivity index (χ1n) is 6.99. The van der Waals surface area contributed by atoms with E-state index in [-0.39, 0.29) is 12.5 Å².